The maximum absolute atomic E-state index is 12.5. The molecule has 0 unspecified atom stereocenters. The van der Waals surface area contributed by atoms with Crippen molar-refractivity contribution in [2.24, 2.45) is 0 Å². The van der Waals surface area contributed by atoms with Crippen molar-refractivity contribution in [1.29, 1.82) is 0 Å². The highest BCUT2D eigenvalue weighted by atomic mass is 35.5. The third-order valence-electron chi connectivity index (χ3n) is 3.71. The lowest BCUT2D eigenvalue weighted by Gasteiger charge is -2.12. The van der Waals surface area contributed by atoms with Crippen LogP contribution in [0.1, 0.15) is 10.4 Å². The molecule has 0 saturated carbocycles. The van der Waals surface area contributed by atoms with Crippen LogP contribution < -0.4 is 5.32 Å². The second kappa shape index (κ2) is 6.52. The van der Waals surface area contributed by atoms with E-state index in [4.69, 9.17) is 11.6 Å². The fourth-order valence-corrected chi connectivity index (χ4v) is 2.74. The van der Waals surface area contributed by atoms with Crippen molar-refractivity contribution < 1.29 is 4.79 Å². The predicted octanol–water partition coefficient (Wildman–Crippen LogP) is 3.33. The van der Waals surface area contributed by atoms with Gasteiger partial charge in [-0.1, -0.05) is 35.9 Å². The zero-order valence-electron chi connectivity index (χ0n) is 13.1. The highest BCUT2D eigenvalue weighted by Gasteiger charge is 2.12. The largest absolute Gasteiger partial charge is 0.351 e. The van der Waals surface area contributed by atoms with E-state index in [2.05, 4.69) is 10.3 Å². The summed E-state index contributed by atoms with van der Waals surface area (Å²) in [5, 5.41) is 5.42. The van der Waals surface area contributed by atoms with Gasteiger partial charge in [0.2, 0.25) is 0 Å². The first-order valence-corrected chi connectivity index (χ1v) is 7.85. The summed E-state index contributed by atoms with van der Waals surface area (Å²) in [6.07, 6.45) is 0. The molecule has 0 aliphatic rings. The van der Waals surface area contributed by atoms with Crippen LogP contribution in [0.4, 0.5) is 0 Å². The third-order valence-corrected chi connectivity index (χ3v) is 4.01. The van der Waals surface area contributed by atoms with E-state index in [1.54, 1.807) is 6.07 Å². The van der Waals surface area contributed by atoms with Crippen LogP contribution in [0.2, 0.25) is 5.02 Å². The van der Waals surface area contributed by atoms with Gasteiger partial charge in [-0.25, -0.2) is 4.98 Å². The van der Waals surface area contributed by atoms with Crippen molar-refractivity contribution in [1.82, 2.24) is 15.2 Å². The van der Waals surface area contributed by atoms with Crippen LogP contribution in [0, 0.1) is 0 Å². The van der Waals surface area contributed by atoms with Crippen molar-refractivity contribution >= 4 is 39.3 Å². The van der Waals surface area contributed by atoms with Crippen LogP contribution in [0.3, 0.4) is 0 Å². The van der Waals surface area contributed by atoms with E-state index in [1.165, 1.54) is 0 Å². The van der Waals surface area contributed by atoms with Crippen LogP contribution in [-0.2, 0) is 0 Å². The number of likely N-dealkylation sites (N-methyl/N-ethyl adjacent to an activating group) is 1. The Morgan fingerprint density at radius 2 is 1.83 bits per heavy atom. The zero-order chi connectivity index (χ0) is 16.4. The van der Waals surface area contributed by atoms with E-state index in [9.17, 15) is 4.79 Å². The fourth-order valence-electron chi connectivity index (χ4n) is 2.52. The molecule has 0 aliphatic carbocycles. The molecule has 2 aromatic carbocycles. The minimum Gasteiger partial charge on any atom is -0.351 e. The van der Waals surface area contributed by atoms with Crippen LogP contribution in [0.25, 0.3) is 21.8 Å². The summed E-state index contributed by atoms with van der Waals surface area (Å²) in [5.74, 6) is -0.114. The molecule has 1 heterocycles. The summed E-state index contributed by atoms with van der Waals surface area (Å²) in [6, 6.07) is 13.3. The Bertz CT molecular complexity index is 877. The molecule has 1 N–H and O–H groups in total. The fraction of sp³-hybridized carbons (Fsp3) is 0.222. The SMILES string of the molecule is CN(C)CCNC(=O)c1cccc2cc3cccc(Cl)c3nc12. The molecule has 3 aromatic rings. The molecule has 118 valence electrons. The molecule has 23 heavy (non-hydrogen) atoms. The van der Waals surface area contributed by atoms with E-state index >= 15 is 0 Å². The third kappa shape index (κ3) is 3.28. The number of nitrogens with zero attached hydrogens (tertiary/aromatic N) is 2. The van der Waals surface area contributed by atoms with E-state index in [-0.39, 0.29) is 5.91 Å². The van der Waals surface area contributed by atoms with Crippen molar-refractivity contribution in [3.05, 3.63) is 53.1 Å². The number of amides is 1. The summed E-state index contributed by atoms with van der Waals surface area (Å²) in [5.41, 5.74) is 1.97. The van der Waals surface area contributed by atoms with E-state index in [0.29, 0.717) is 22.6 Å². The lowest BCUT2D eigenvalue weighted by Crippen LogP contribution is -2.31. The first-order chi connectivity index (χ1) is 11.1. The lowest BCUT2D eigenvalue weighted by molar-refractivity contribution is 0.0952. The number of nitrogens with one attached hydrogen (secondary N) is 1. The molecule has 0 spiro atoms. The van der Waals surface area contributed by atoms with Gasteiger partial charge in [0.15, 0.2) is 0 Å². The Morgan fingerprint density at radius 1 is 1.13 bits per heavy atom. The molecule has 4 nitrogen and oxygen atoms in total. The Labute approximate surface area is 140 Å². The quantitative estimate of drug-likeness (QED) is 0.748. The van der Waals surface area contributed by atoms with Gasteiger partial charge in [-0.05, 0) is 32.3 Å². The monoisotopic (exact) mass is 327 g/mol. The minimum atomic E-state index is -0.114. The smallest absolute Gasteiger partial charge is 0.253 e. The molecule has 3 rings (SSSR count). The van der Waals surface area contributed by atoms with Gasteiger partial charge in [-0.3, -0.25) is 4.79 Å². The van der Waals surface area contributed by atoms with Crippen LogP contribution in [0.5, 0.6) is 0 Å². The van der Waals surface area contributed by atoms with Gasteiger partial charge in [0.1, 0.15) is 0 Å². The van der Waals surface area contributed by atoms with Gasteiger partial charge in [-0.2, -0.15) is 0 Å². The van der Waals surface area contributed by atoms with Crippen LogP contribution in [-0.4, -0.2) is 43.0 Å². The summed E-state index contributed by atoms with van der Waals surface area (Å²) in [6.45, 7) is 1.38. The zero-order valence-corrected chi connectivity index (χ0v) is 13.9. The standard InChI is InChI=1S/C18H18ClN3O/c1-22(2)10-9-20-18(23)14-7-3-5-12-11-13-6-4-8-15(19)17(13)21-16(12)14/h3-8,11H,9-10H2,1-2H3,(H,20,23). The van der Waals surface area contributed by atoms with Crippen LogP contribution >= 0.6 is 11.6 Å². The molecule has 0 fully saturated rings. The molecular weight excluding hydrogens is 310 g/mol. The summed E-state index contributed by atoms with van der Waals surface area (Å²) < 4.78 is 0. The van der Waals surface area contributed by atoms with Gasteiger partial charge in [0.05, 0.1) is 21.6 Å². The average Bonchev–Trinajstić information content (AvgIpc) is 2.52. The first-order valence-electron chi connectivity index (χ1n) is 7.47. The second-order valence-electron chi connectivity index (χ2n) is 5.74. The van der Waals surface area contributed by atoms with Crippen molar-refractivity contribution in [3.63, 3.8) is 0 Å². The van der Waals surface area contributed by atoms with Gasteiger partial charge >= 0.3 is 0 Å². The number of carbonyl (C=O) groups is 1. The van der Waals surface area contributed by atoms with E-state index in [0.717, 1.165) is 22.8 Å². The maximum atomic E-state index is 12.5. The number of halogens is 1. The molecule has 1 aromatic heterocycles. The van der Waals surface area contributed by atoms with Crippen LogP contribution in [0.15, 0.2) is 42.5 Å². The topological polar surface area (TPSA) is 45.2 Å². The van der Waals surface area contributed by atoms with Gasteiger partial charge in [-0.15, -0.1) is 0 Å². The number of rotatable bonds is 4. The number of hydrogen-bond donors (Lipinski definition) is 1. The molecule has 0 bridgehead atoms. The van der Waals surface area contributed by atoms with Crippen molar-refractivity contribution in [2.75, 3.05) is 27.2 Å². The number of para-hydroxylation sites is 2. The predicted molar refractivity (Wildman–Crippen MR) is 95.1 cm³/mol. The van der Waals surface area contributed by atoms with Crippen molar-refractivity contribution in [3.8, 4) is 0 Å². The summed E-state index contributed by atoms with van der Waals surface area (Å²) in [7, 11) is 3.94. The first kappa shape index (κ1) is 15.7. The molecule has 0 saturated heterocycles. The molecular formula is C18H18ClN3O. The number of pyridine rings is 1. The maximum Gasteiger partial charge on any atom is 0.253 e. The molecule has 0 radical (unpaired) electrons. The Balaban J connectivity index is 2.03. The normalized spacial score (nSPS) is 11.3. The van der Waals surface area contributed by atoms with Gasteiger partial charge in [0.25, 0.3) is 5.91 Å². The Kier molecular flexibility index (Phi) is 4.46. The van der Waals surface area contributed by atoms with Gasteiger partial charge < -0.3 is 10.2 Å². The molecule has 0 aliphatic heterocycles. The highest BCUT2D eigenvalue weighted by Crippen LogP contribution is 2.26. The minimum absolute atomic E-state index is 0.114. The Morgan fingerprint density at radius 3 is 2.57 bits per heavy atom. The highest BCUT2D eigenvalue weighted by molar-refractivity contribution is 6.35. The van der Waals surface area contributed by atoms with E-state index in [1.807, 2.05) is 55.4 Å². The molecule has 0 atom stereocenters. The Hall–Kier alpha value is -2.17. The average molecular weight is 328 g/mol. The number of aromatic nitrogens is 1. The number of carbonyl (C=O) groups excluding carboxylic acids is 1. The summed E-state index contributed by atoms with van der Waals surface area (Å²) in [4.78, 5) is 19.1. The molecule has 5 heteroatoms. The number of fused-ring (bicyclic) bond motifs is 2. The summed E-state index contributed by atoms with van der Waals surface area (Å²) >= 11 is 6.24. The number of benzene rings is 2. The van der Waals surface area contributed by atoms with Crippen molar-refractivity contribution in [2.45, 2.75) is 0 Å². The number of hydrogen-bond acceptors (Lipinski definition) is 3. The lowest BCUT2D eigenvalue weighted by atomic mass is 10.1. The van der Waals surface area contributed by atoms with Gasteiger partial charge in [0, 0.05) is 23.9 Å². The molecule has 1 amide bonds. The second-order valence-corrected chi connectivity index (χ2v) is 6.14. The van der Waals surface area contributed by atoms with E-state index < -0.39 is 0 Å².